The van der Waals surface area contributed by atoms with Crippen LogP contribution < -0.4 is 5.73 Å². The number of hydrogen-bond donors (Lipinski definition) is 1. The van der Waals surface area contributed by atoms with Crippen molar-refractivity contribution in [3.63, 3.8) is 0 Å². The third-order valence-electron chi connectivity index (χ3n) is 3.19. The Morgan fingerprint density at radius 3 is 3.00 bits per heavy atom. The molecule has 2 aliphatic rings. The lowest BCUT2D eigenvalue weighted by atomic mass is 10.0. The fraction of sp³-hybridized carbons (Fsp3) is 0.800. The van der Waals surface area contributed by atoms with Crippen LogP contribution in [0, 0.1) is 0 Å². The van der Waals surface area contributed by atoms with Crippen LogP contribution in [0.1, 0.15) is 30.0 Å². The normalized spacial score (nSPS) is 34.7. The van der Waals surface area contributed by atoms with Gasteiger partial charge < -0.3 is 15.0 Å². The molecule has 2 saturated heterocycles. The van der Waals surface area contributed by atoms with Gasteiger partial charge in [0.1, 0.15) is 0 Å². The van der Waals surface area contributed by atoms with Gasteiger partial charge >= 0.3 is 0 Å². The highest BCUT2D eigenvalue weighted by atomic mass is 32.2. The lowest BCUT2D eigenvalue weighted by Crippen LogP contribution is -2.26. The molecule has 0 spiro atoms. The molecule has 2 fully saturated rings. The molecule has 16 heavy (non-hydrogen) atoms. The average molecular weight is 241 g/mol. The van der Waals surface area contributed by atoms with Gasteiger partial charge in [0.05, 0.1) is 12.5 Å². The van der Waals surface area contributed by atoms with Gasteiger partial charge in [0, 0.05) is 30.1 Å². The van der Waals surface area contributed by atoms with Crippen molar-refractivity contribution in [3.8, 4) is 0 Å². The Balaban J connectivity index is 1.76. The van der Waals surface area contributed by atoms with Crippen molar-refractivity contribution >= 4 is 11.8 Å². The number of thioether (sulfide) groups is 1. The quantitative estimate of drug-likeness (QED) is 0.823. The third-order valence-corrected chi connectivity index (χ3v) is 4.41. The van der Waals surface area contributed by atoms with E-state index in [4.69, 9.17) is 15.0 Å². The van der Waals surface area contributed by atoms with Crippen molar-refractivity contribution < 1.29 is 9.26 Å². The zero-order valence-corrected chi connectivity index (χ0v) is 9.78. The molecule has 6 heteroatoms. The minimum Gasteiger partial charge on any atom is -0.381 e. The van der Waals surface area contributed by atoms with Crippen molar-refractivity contribution in [1.82, 2.24) is 10.1 Å². The Morgan fingerprint density at radius 1 is 1.38 bits per heavy atom. The van der Waals surface area contributed by atoms with Crippen LogP contribution in [0.3, 0.4) is 0 Å². The van der Waals surface area contributed by atoms with Crippen molar-refractivity contribution in [2.24, 2.45) is 5.73 Å². The first-order chi connectivity index (χ1) is 7.84. The Hall–Kier alpha value is -0.590. The molecule has 3 atom stereocenters. The van der Waals surface area contributed by atoms with Crippen LogP contribution in [0.2, 0.25) is 0 Å². The maximum Gasteiger partial charge on any atom is 0.232 e. The van der Waals surface area contributed by atoms with Crippen molar-refractivity contribution in [2.45, 2.75) is 24.3 Å². The van der Waals surface area contributed by atoms with E-state index in [-0.39, 0.29) is 12.0 Å². The number of ether oxygens (including phenoxy) is 1. The summed E-state index contributed by atoms with van der Waals surface area (Å²) in [6, 6.07) is 0.151. The highest BCUT2D eigenvalue weighted by Gasteiger charge is 2.32. The summed E-state index contributed by atoms with van der Waals surface area (Å²) in [7, 11) is 0. The summed E-state index contributed by atoms with van der Waals surface area (Å²) in [6.45, 7) is 1.51. The van der Waals surface area contributed by atoms with Gasteiger partial charge in [-0.2, -0.15) is 16.7 Å². The van der Waals surface area contributed by atoms with Gasteiger partial charge in [-0.25, -0.2) is 0 Å². The largest absolute Gasteiger partial charge is 0.381 e. The average Bonchev–Trinajstić information content (AvgIpc) is 2.96. The second kappa shape index (κ2) is 4.35. The van der Waals surface area contributed by atoms with Crippen LogP contribution >= 0.6 is 11.8 Å². The number of hydrogen-bond acceptors (Lipinski definition) is 6. The van der Waals surface area contributed by atoms with Crippen molar-refractivity contribution in [2.75, 3.05) is 24.7 Å². The predicted octanol–water partition coefficient (Wildman–Crippen LogP) is 0.731. The van der Waals surface area contributed by atoms with Crippen LogP contribution in [0.25, 0.3) is 0 Å². The first-order valence-corrected chi connectivity index (χ1v) is 6.74. The Morgan fingerprint density at radius 2 is 2.31 bits per heavy atom. The third kappa shape index (κ3) is 1.85. The highest BCUT2D eigenvalue weighted by molar-refractivity contribution is 7.99. The number of aromatic nitrogens is 2. The molecule has 0 aliphatic carbocycles. The van der Waals surface area contributed by atoms with Gasteiger partial charge in [-0.15, -0.1) is 0 Å². The molecule has 0 bridgehead atoms. The number of nitrogens with zero attached hydrogens (tertiary/aromatic N) is 2. The molecule has 0 radical (unpaired) electrons. The summed E-state index contributed by atoms with van der Waals surface area (Å²) in [5.74, 6) is 4.01. The van der Waals surface area contributed by atoms with Gasteiger partial charge in [0.2, 0.25) is 5.89 Å². The molecule has 2 N–H and O–H groups in total. The SMILES string of the molecule is NC1CSCC1c1nc(C2CCOC2)no1. The molecule has 88 valence electrons. The summed E-state index contributed by atoms with van der Waals surface area (Å²) in [5.41, 5.74) is 6.00. The first-order valence-electron chi connectivity index (χ1n) is 5.59. The van der Waals surface area contributed by atoms with E-state index in [1.54, 1.807) is 0 Å². The summed E-state index contributed by atoms with van der Waals surface area (Å²) >= 11 is 1.85. The zero-order valence-electron chi connectivity index (χ0n) is 8.96. The van der Waals surface area contributed by atoms with Gasteiger partial charge in [0.25, 0.3) is 0 Å². The van der Waals surface area contributed by atoms with E-state index in [0.29, 0.717) is 18.4 Å². The molecule has 3 unspecified atom stereocenters. The molecule has 2 aliphatic heterocycles. The summed E-state index contributed by atoms with van der Waals surface area (Å²) in [4.78, 5) is 4.47. The van der Waals surface area contributed by atoms with Crippen LogP contribution in [0.15, 0.2) is 4.52 Å². The molecule has 1 aromatic heterocycles. The Labute approximate surface area is 98.1 Å². The predicted molar refractivity (Wildman–Crippen MR) is 60.5 cm³/mol. The van der Waals surface area contributed by atoms with Crippen LogP contribution in [-0.2, 0) is 4.74 Å². The molecule has 0 aromatic carbocycles. The van der Waals surface area contributed by atoms with Crippen LogP contribution in [0.4, 0.5) is 0 Å². The van der Waals surface area contributed by atoms with E-state index >= 15 is 0 Å². The monoisotopic (exact) mass is 241 g/mol. The van der Waals surface area contributed by atoms with E-state index in [1.807, 2.05) is 11.8 Å². The maximum atomic E-state index is 6.00. The summed E-state index contributed by atoms with van der Waals surface area (Å²) in [6.07, 6.45) is 0.991. The molecule has 0 amide bonds. The Bertz CT molecular complexity index is 365. The number of nitrogens with two attached hydrogens (primary N) is 1. The van der Waals surface area contributed by atoms with Gasteiger partial charge in [-0.3, -0.25) is 0 Å². The fourth-order valence-electron chi connectivity index (χ4n) is 2.13. The van der Waals surface area contributed by atoms with E-state index in [9.17, 15) is 0 Å². The molecule has 3 rings (SSSR count). The van der Waals surface area contributed by atoms with Gasteiger partial charge in [0.15, 0.2) is 5.82 Å². The smallest absolute Gasteiger partial charge is 0.232 e. The summed E-state index contributed by atoms with van der Waals surface area (Å²) < 4.78 is 10.6. The zero-order chi connectivity index (χ0) is 11.0. The minimum absolute atomic E-state index is 0.151. The van der Waals surface area contributed by atoms with E-state index < -0.39 is 0 Å². The van der Waals surface area contributed by atoms with Gasteiger partial charge in [-0.1, -0.05) is 5.16 Å². The summed E-state index contributed by atoms with van der Waals surface area (Å²) in [5, 5.41) is 4.05. The molecular formula is C10H15N3O2S. The molecule has 3 heterocycles. The molecule has 0 saturated carbocycles. The fourth-order valence-corrected chi connectivity index (χ4v) is 3.41. The van der Waals surface area contributed by atoms with Crippen LogP contribution in [-0.4, -0.2) is 40.9 Å². The second-order valence-electron chi connectivity index (χ2n) is 4.36. The lowest BCUT2D eigenvalue weighted by molar-refractivity contribution is 0.192. The number of rotatable bonds is 2. The molecule has 5 nitrogen and oxygen atoms in total. The van der Waals surface area contributed by atoms with Crippen LogP contribution in [0.5, 0.6) is 0 Å². The van der Waals surface area contributed by atoms with E-state index in [0.717, 1.165) is 30.4 Å². The second-order valence-corrected chi connectivity index (χ2v) is 5.43. The maximum absolute atomic E-state index is 6.00. The van der Waals surface area contributed by atoms with Gasteiger partial charge in [-0.05, 0) is 6.42 Å². The highest BCUT2D eigenvalue weighted by Crippen LogP contribution is 2.32. The minimum atomic E-state index is 0.151. The lowest BCUT2D eigenvalue weighted by Gasteiger charge is -2.07. The standard InChI is InChI=1S/C10H15N3O2S/c11-8-5-16-4-7(8)10-12-9(13-15-10)6-1-2-14-3-6/h6-8H,1-5,11H2. The van der Waals surface area contributed by atoms with Crippen molar-refractivity contribution in [1.29, 1.82) is 0 Å². The molecular weight excluding hydrogens is 226 g/mol. The van der Waals surface area contributed by atoms with E-state index in [2.05, 4.69) is 10.1 Å². The van der Waals surface area contributed by atoms with Crippen molar-refractivity contribution in [3.05, 3.63) is 11.7 Å². The topological polar surface area (TPSA) is 74.2 Å². The Kier molecular flexibility index (Phi) is 2.87. The van der Waals surface area contributed by atoms with E-state index in [1.165, 1.54) is 0 Å². The first kappa shape index (κ1) is 10.6. The molecule has 1 aromatic rings.